The predicted octanol–water partition coefficient (Wildman–Crippen LogP) is -2.48. The fourth-order valence-corrected chi connectivity index (χ4v) is 1.96. The largest absolute Gasteiger partial charge is 0.540 e. The lowest BCUT2D eigenvalue weighted by molar-refractivity contribution is -0.208. The third-order valence-electron chi connectivity index (χ3n) is 2.08. The Bertz CT molecular complexity index is 220. The van der Waals surface area contributed by atoms with Crippen LogP contribution in [0.15, 0.2) is 0 Å². The van der Waals surface area contributed by atoms with E-state index in [4.69, 9.17) is 14.7 Å². The van der Waals surface area contributed by atoms with Crippen LogP contribution in [0.25, 0.3) is 0 Å². The zero-order chi connectivity index (χ0) is 10.9. The first-order valence-corrected chi connectivity index (χ1v) is 5.23. The van der Waals surface area contributed by atoms with E-state index in [0.717, 1.165) is 0 Å². The summed E-state index contributed by atoms with van der Waals surface area (Å²) in [6.45, 7) is -0.607. The summed E-state index contributed by atoms with van der Waals surface area (Å²) < 4.78 is 15.4. The maximum atomic E-state index is 10.7. The van der Waals surface area contributed by atoms with Crippen molar-refractivity contribution < 1.29 is 34.6 Å². The van der Waals surface area contributed by atoms with Gasteiger partial charge in [0.15, 0.2) is 6.10 Å². The molecule has 14 heavy (non-hydrogen) atoms. The molecular formula is C6H12O7P+. The Morgan fingerprint density at radius 1 is 1.14 bits per heavy atom. The lowest BCUT2D eigenvalue weighted by atomic mass is 10.0. The highest BCUT2D eigenvalue weighted by Gasteiger charge is 2.52. The molecule has 1 rings (SSSR count). The molecule has 5 N–H and O–H groups in total. The van der Waals surface area contributed by atoms with E-state index >= 15 is 0 Å². The first kappa shape index (κ1) is 11.9. The molecule has 0 aromatic rings. The second kappa shape index (κ2) is 4.59. The first-order valence-electron chi connectivity index (χ1n) is 3.94. The third-order valence-corrected chi connectivity index (χ3v) is 2.95. The van der Waals surface area contributed by atoms with Crippen LogP contribution in [0.5, 0.6) is 0 Å². The smallest absolute Gasteiger partial charge is 0.394 e. The monoisotopic (exact) mass is 227 g/mol. The maximum Gasteiger partial charge on any atom is 0.540 e. The summed E-state index contributed by atoms with van der Waals surface area (Å²) in [5, 5.41) is 36.4. The van der Waals surface area contributed by atoms with Gasteiger partial charge >= 0.3 is 13.9 Å². The standard InChI is InChI=1S/C6H11O7P/c7-1-2-3(8)4(9)5(10)6(13-2)14(11)12/h2-10H,1H2/p+1/t2-,3-,4+,5-,6-/m1/s1. The van der Waals surface area contributed by atoms with Crippen molar-refractivity contribution >= 4 is 8.03 Å². The predicted molar refractivity (Wildman–Crippen MR) is 43.6 cm³/mol. The average molecular weight is 227 g/mol. The molecule has 0 radical (unpaired) electrons. The molecule has 0 amide bonds. The summed E-state index contributed by atoms with van der Waals surface area (Å²) >= 11 is 0. The average Bonchev–Trinajstić information content (AvgIpc) is 2.14. The zero-order valence-electron chi connectivity index (χ0n) is 7.09. The maximum absolute atomic E-state index is 10.7. The molecule has 0 saturated carbocycles. The molecule has 1 aliphatic rings. The summed E-state index contributed by atoms with van der Waals surface area (Å²) in [6, 6.07) is 0. The van der Waals surface area contributed by atoms with Crippen molar-refractivity contribution in [3.05, 3.63) is 0 Å². The Hall–Kier alpha value is -0.140. The van der Waals surface area contributed by atoms with E-state index in [0.29, 0.717) is 0 Å². The van der Waals surface area contributed by atoms with E-state index in [-0.39, 0.29) is 0 Å². The molecule has 1 saturated heterocycles. The van der Waals surface area contributed by atoms with Gasteiger partial charge in [-0.25, -0.2) is 0 Å². The molecule has 0 aromatic heterocycles. The molecule has 82 valence electrons. The molecule has 7 nitrogen and oxygen atoms in total. The summed E-state index contributed by atoms with van der Waals surface area (Å²) in [7, 11) is -2.84. The minimum absolute atomic E-state index is 0.607. The molecule has 1 aliphatic heterocycles. The van der Waals surface area contributed by atoms with E-state index in [1.807, 2.05) is 0 Å². The van der Waals surface area contributed by atoms with Crippen molar-refractivity contribution in [2.75, 3.05) is 6.61 Å². The van der Waals surface area contributed by atoms with Gasteiger partial charge in [0.05, 0.1) is 6.61 Å². The minimum atomic E-state index is -2.84. The summed E-state index contributed by atoms with van der Waals surface area (Å²) in [4.78, 5) is 8.71. The Kier molecular flexibility index (Phi) is 3.91. The Balaban J connectivity index is 2.78. The fourth-order valence-electron chi connectivity index (χ4n) is 1.26. The van der Waals surface area contributed by atoms with Crippen molar-refractivity contribution in [1.82, 2.24) is 0 Å². The highest BCUT2D eigenvalue weighted by Crippen LogP contribution is 2.34. The SMILES string of the molecule is O=[P+](O)[C@H]1O[C@H](CO)[C@@H](O)[C@H](O)[C@H]1O. The van der Waals surface area contributed by atoms with Crippen LogP contribution in [0, 0.1) is 0 Å². The van der Waals surface area contributed by atoms with Gasteiger partial charge in [-0.2, -0.15) is 4.89 Å². The fraction of sp³-hybridized carbons (Fsp3) is 1.00. The van der Waals surface area contributed by atoms with Gasteiger partial charge in [0.1, 0.15) is 18.3 Å². The second-order valence-corrected chi connectivity index (χ2v) is 4.14. The van der Waals surface area contributed by atoms with Crippen molar-refractivity contribution in [1.29, 1.82) is 0 Å². The number of hydrogen-bond acceptors (Lipinski definition) is 6. The molecular weight excluding hydrogens is 215 g/mol. The first-order chi connectivity index (χ1) is 6.49. The number of ether oxygens (including phenoxy) is 1. The van der Waals surface area contributed by atoms with Crippen LogP contribution in [0.4, 0.5) is 0 Å². The Labute approximate surface area is 80.4 Å². The lowest BCUT2D eigenvalue weighted by Gasteiger charge is -2.34. The van der Waals surface area contributed by atoms with Crippen molar-refractivity contribution in [3.8, 4) is 0 Å². The number of hydrogen-bond donors (Lipinski definition) is 5. The van der Waals surface area contributed by atoms with E-state index in [9.17, 15) is 19.9 Å². The van der Waals surface area contributed by atoms with Crippen LogP contribution in [-0.2, 0) is 9.30 Å². The van der Waals surface area contributed by atoms with Crippen LogP contribution in [0.2, 0.25) is 0 Å². The van der Waals surface area contributed by atoms with Crippen LogP contribution < -0.4 is 0 Å². The van der Waals surface area contributed by atoms with Crippen molar-refractivity contribution in [3.63, 3.8) is 0 Å². The lowest BCUT2D eigenvalue weighted by Crippen LogP contribution is -2.57. The highest BCUT2D eigenvalue weighted by atomic mass is 31.1. The molecule has 8 heteroatoms. The number of rotatable bonds is 2. The van der Waals surface area contributed by atoms with Gasteiger partial charge in [-0.05, 0) is 4.57 Å². The topological polar surface area (TPSA) is 127 Å². The van der Waals surface area contributed by atoms with Gasteiger partial charge in [-0.1, -0.05) is 0 Å². The summed E-state index contributed by atoms with van der Waals surface area (Å²) in [5.74, 6) is -1.49. The number of aliphatic hydroxyl groups excluding tert-OH is 4. The van der Waals surface area contributed by atoms with Gasteiger partial charge in [0.2, 0.25) is 0 Å². The van der Waals surface area contributed by atoms with Gasteiger partial charge < -0.3 is 25.2 Å². The van der Waals surface area contributed by atoms with Crippen LogP contribution >= 0.6 is 8.03 Å². The molecule has 1 heterocycles. The van der Waals surface area contributed by atoms with Crippen molar-refractivity contribution in [2.24, 2.45) is 0 Å². The Morgan fingerprint density at radius 3 is 2.14 bits per heavy atom. The van der Waals surface area contributed by atoms with Crippen LogP contribution in [0.1, 0.15) is 0 Å². The second-order valence-electron chi connectivity index (χ2n) is 3.02. The molecule has 0 aromatic carbocycles. The Morgan fingerprint density at radius 2 is 1.71 bits per heavy atom. The van der Waals surface area contributed by atoms with Gasteiger partial charge in [-0.15, -0.1) is 0 Å². The molecule has 1 unspecified atom stereocenters. The van der Waals surface area contributed by atoms with Crippen molar-refractivity contribution in [2.45, 2.75) is 30.3 Å². The van der Waals surface area contributed by atoms with Crippen LogP contribution in [0.3, 0.4) is 0 Å². The highest BCUT2D eigenvalue weighted by molar-refractivity contribution is 7.38. The normalized spacial score (nSPS) is 44.9. The van der Waals surface area contributed by atoms with E-state index in [2.05, 4.69) is 0 Å². The molecule has 6 atom stereocenters. The van der Waals surface area contributed by atoms with E-state index in [1.165, 1.54) is 0 Å². The van der Waals surface area contributed by atoms with E-state index in [1.54, 1.807) is 0 Å². The summed E-state index contributed by atoms with van der Waals surface area (Å²) in [5.41, 5.74) is 0. The van der Waals surface area contributed by atoms with E-state index < -0.39 is 44.9 Å². The molecule has 0 aliphatic carbocycles. The minimum Gasteiger partial charge on any atom is -0.394 e. The van der Waals surface area contributed by atoms with Gasteiger partial charge in [0.25, 0.3) is 0 Å². The molecule has 0 bridgehead atoms. The van der Waals surface area contributed by atoms with Crippen LogP contribution in [-0.4, -0.2) is 62.2 Å². The quantitative estimate of drug-likeness (QED) is 0.330. The van der Waals surface area contributed by atoms with Gasteiger partial charge in [-0.3, -0.25) is 0 Å². The third kappa shape index (κ3) is 2.09. The molecule has 1 fully saturated rings. The summed E-state index contributed by atoms with van der Waals surface area (Å²) in [6.07, 6.45) is -5.87. The number of aliphatic hydroxyl groups is 4. The zero-order valence-corrected chi connectivity index (χ0v) is 7.99. The van der Waals surface area contributed by atoms with Gasteiger partial charge in [0, 0.05) is 0 Å². The molecule has 0 spiro atoms.